The highest BCUT2D eigenvalue weighted by Gasteiger charge is 2.32. The third-order valence-electron chi connectivity index (χ3n) is 6.60. The predicted octanol–water partition coefficient (Wildman–Crippen LogP) is 4.38. The first-order chi connectivity index (χ1) is 17.4. The normalized spacial score (nSPS) is 14.3. The van der Waals surface area contributed by atoms with Crippen molar-refractivity contribution in [3.8, 4) is 11.5 Å². The van der Waals surface area contributed by atoms with Gasteiger partial charge < -0.3 is 14.4 Å². The lowest BCUT2D eigenvalue weighted by Gasteiger charge is -2.34. The molecule has 1 fully saturated rings. The molecule has 0 radical (unpaired) electrons. The van der Waals surface area contributed by atoms with Crippen molar-refractivity contribution in [1.82, 2.24) is 4.90 Å². The van der Waals surface area contributed by atoms with Crippen LogP contribution in [0.25, 0.3) is 0 Å². The molecule has 4 rings (SSSR count). The van der Waals surface area contributed by atoms with E-state index in [-0.39, 0.29) is 23.0 Å². The summed E-state index contributed by atoms with van der Waals surface area (Å²) in [6.07, 6.45) is 2.75. The number of nitrogens with zero attached hydrogens (tertiary/aromatic N) is 2. The van der Waals surface area contributed by atoms with Crippen LogP contribution in [-0.4, -0.2) is 53.1 Å². The van der Waals surface area contributed by atoms with Gasteiger partial charge in [0.05, 0.1) is 24.8 Å². The van der Waals surface area contributed by atoms with Crippen LogP contribution in [0, 0.1) is 5.92 Å². The number of sulfonamides is 1. The summed E-state index contributed by atoms with van der Waals surface area (Å²) in [5.74, 6) is 1.06. The summed E-state index contributed by atoms with van der Waals surface area (Å²) in [5, 5.41) is 0. The zero-order valence-corrected chi connectivity index (χ0v) is 21.5. The molecule has 36 heavy (non-hydrogen) atoms. The minimum Gasteiger partial charge on any atom is -0.497 e. The minimum atomic E-state index is -4.05. The van der Waals surface area contributed by atoms with Gasteiger partial charge in [0.25, 0.3) is 10.0 Å². The molecule has 0 saturated carbocycles. The van der Waals surface area contributed by atoms with Crippen molar-refractivity contribution in [3.05, 3.63) is 84.4 Å². The quantitative estimate of drug-likeness (QED) is 0.429. The number of methoxy groups -OCH3 is 2. The molecular weight excluding hydrogens is 476 g/mol. The Labute approximate surface area is 213 Å². The maximum Gasteiger partial charge on any atom is 0.264 e. The van der Waals surface area contributed by atoms with Crippen LogP contribution < -0.4 is 13.8 Å². The van der Waals surface area contributed by atoms with E-state index in [0.717, 1.165) is 23.6 Å². The number of rotatable bonds is 9. The van der Waals surface area contributed by atoms with Gasteiger partial charge in [-0.2, -0.15) is 0 Å². The van der Waals surface area contributed by atoms with Crippen LogP contribution in [0.1, 0.15) is 18.4 Å². The lowest BCUT2D eigenvalue weighted by Crippen LogP contribution is -2.46. The number of hydrogen-bond donors (Lipinski definition) is 0. The summed E-state index contributed by atoms with van der Waals surface area (Å²) in [4.78, 5) is 15.3. The van der Waals surface area contributed by atoms with Crippen molar-refractivity contribution in [3.63, 3.8) is 0 Å². The maximum absolute atomic E-state index is 13.7. The van der Waals surface area contributed by atoms with Crippen LogP contribution >= 0.6 is 0 Å². The van der Waals surface area contributed by atoms with Crippen LogP contribution in [0.4, 0.5) is 5.69 Å². The molecule has 1 aliphatic rings. The van der Waals surface area contributed by atoms with Crippen molar-refractivity contribution in [1.29, 1.82) is 0 Å². The molecule has 190 valence electrons. The van der Waals surface area contributed by atoms with Crippen LogP contribution in [0.3, 0.4) is 0 Å². The number of carbonyl (C=O) groups excluding carboxylic acids is 1. The second kappa shape index (κ2) is 11.5. The smallest absolute Gasteiger partial charge is 0.264 e. The minimum absolute atomic E-state index is 0.101. The number of ether oxygens (including phenoxy) is 2. The highest BCUT2D eigenvalue weighted by Crippen LogP contribution is 2.36. The average molecular weight is 509 g/mol. The Hall–Kier alpha value is -3.52. The van der Waals surface area contributed by atoms with Gasteiger partial charge in [0.1, 0.15) is 18.0 Å². The van der Waals surface area contributed by atoms with E-state index in [1.807, 2.05) is 18.2 Å². The highest BCUT2D eigenvalue weighted by atomic mass is 32.2. The molecule has 3 aromatic rings. The van der Waals surface area contributed by atoms with E-state index in [1.54, 1.807) is 41.3 Å². The van der Waals surface area contributed by atoms with E-state index in [9.17, 15) is 13.2 Å². The summed E-state index contributed by atoms with van der Waals surface area (Å²) >= 11 is 0. The van der Waals surface area contributed by atoms with E-state index in [4.69, 9.17) is 9.47 Å². The average Bonchev–Trinajstić information content (AvgIpc) is 2.92. The van der Waals surface area contributed by atoms with Gasteiger partial charge in [-0.15, -0.1) is 0 Å². The summed E-state index contributed by atoms with van der Waals surface area (Å²) in [7, 11) is -1.07. The molecule has 7 nitrogen and oxygen atoms in total. The van der Waals surface area contributed by atoms with Crippen LogP contribution in [-0.2, 0) is 21.2 Å². The van der Waals surface area contributed by atoms with Crippen LogP contribution in [0.15, 0.2) is 83.8 Å². The van der Waals surface area contributed by atoms with E-state index in [0.29, 0.717) is 30.5 Å². The fourth-order valence-electron chi connectivity index (χ4n) is 4.57. The van der Waals surface area contributed by atoms with Crippen molar-refractivity contribution in [2.45, 2.75) is 24.2 Å². The molecule has 1 amide bonds. The van der Waals surface area contributed by atoms with Gasteiger partial charge >= 0.3 is 0 Å². The first-order valence-corrected chi connectivity index (χ1v) is 13.5. The van der Waals surface area contributed by atoms with E-state index >= 15 is 0 Å². The number of hydrogen-bond acceptors (Lipinski definition) is 5. The molecule has 1 saturated heterocycles. The Morgan fingerprint density at radius 1 is 0.917 bits per heavy atom. The lowest BCUT2D eigenvalue weighted by atomic mass is 9.90. The zero-order chi connectivity index (χ0) is 25.5. The summed E-state index contributed by atoms with van der Waals surface area (Å²) < 4.78 is 39.4. The van der Waals surface area contributed by atoms with Crippen molar-refractivity contribution >= 4 is 21.6 Å². The highest BCUT2D eigenvalue weighted by molar-refractivity contribution is 7.92. The fourth-order valence-corrected chi connectivity index (χ4v) is 6.01. The van der Waals surface area contributed by atoms with E-state index < -0.39 is 10.0 Å². The first-order valence-electron chi connectivity index (χ1n) is 12.0. The third kappa shape index (κ3) is 5.82. The van der Waals surface area contributed by atoms with Gasteiger partial charge in [0.2, 0.25) is 5.91 Å². The molecular formula is C28H32N2O5S. The Morgan fingerprint density at radius 3 is 2.17 bits per heavy atom. The van der Waals surface area contributed by atoms with Gasteiger partial charge in [0, 0.05) is 19.2 Å². The second-order valence-electron chi connectivity index (χ2n) is 8.88. The molecule has 1 aliphatic heterocycles. The lowest BCUT2D eigenvalue weighted by molar-refractivity contribution is -0.130. The fraction of sp³-hybridized carbons (Fsp3) is 0.321. The van der Waals surface area contributed by atoms with Gasteiger partial charge in [-0.25, -0.2) is 8.42 Å². The largest absolute Gasteiger partial charge is 0.497 e. The molecule has 1 heterocycles. The molecule has 0 atom stereocenters. The number of amides is 1. The number of carbonyl (C=O) groups is 1. The predicted molar refractivity (Wildman–Crippen MR) is 140 cm³/mol. The summed E-state index contributed by atoms with van der Waals surface area (Å²) in [6.45, 7) is 0.875. The molecule has 0 aromatic heterocycles. The Kier molecular flexibility index (Phi) is 8.15. The van der Waals surface area contributed by atoms with Gasteiger partial charge in [-0.05, 0) is 55.0 Å². The second-order valence-corrected chi connectivity index (χ2v) is 10.7. The van der Waals surface area contributed by atoms with Gasteiger partial charge in [0.15, 0.2) is 0 Å². The molecule has 0 unspecified atom stereocenters. The monoisotopic (exact) mass is 508 g/mol. The Balaban J connectivity index is 1.56. The SMILES string of the molecule is COc1ccc(OC)c(N(CC(=O)N2CCC(Cc3ccccc3)CC2)S(=O)(=O)c2ccccc2)c1. The number of anilines is 1. The summed E-state index contributed by atoms with van der Waals surface area (Å²) in [5.41, 5.74) is 1.56. The molecule has 0 N–H and O–H groups in total. The molecule has 8 heteroatoms. The molecule has 0 aliphatic carbocycles. The summed E-state index contributed by atoms with van der Waals surface area (Å²) in [6, 6.07) is 23.4. The van der Waals surface area contributed by atoms with E-state index in [1.165, 1.54) is 31.9 Å². The van der Waals surface area contributed by atoms with Crippen LogP contribution in [0.5, 0.6) is 11.5 Å². The van der Waals surface area contributed by atoms with Gasteiger partial charge in [-0.3, -0.25) is 9.10 Å². The standard InChI is InChI=1S/C28H32N2O5S/c1-34-24-13-14-27(35-2)26(20-24)30(36(32,33)25-11-7-4-8-12-25)21-28(31)29-17-15-23(16-18-29)19-22-9-5-3-6-10-22/h3-14,20,23H,15-19,21H2,1-2H3. The molecule has 0 bridgehead atoms. The Bertz CT molecular complexity index is 1260. The van der Waals surface area contributed by atoms with Crippen LogP contribution in [0.2, 0.25) is 0 Å². The number of piperidine rings is 1. The van der Waals surface area contributed by atoms with Crippen molar-refractivity contribution in [2.24, 2.45) is 5.92 Å². The number of likely N-dealkylation sites (tertiary alicyclic amines) is 1. The number of benzene rings is 3. The van der Waals surface area contributed by atoms with E-state index in [2.05, 4.69) is 12.1 Å². The Morgan fingerprint density at radius 2 is 1.56 bits per heavy atom. The van der Waals surface area contributed by atoms with Gasteiger partial charge in [-0.1, -0.05) is 48.5 Å². The zero-order valence-electron chi connectivity index (χ0n) is 20.7. The topological polar surface area (TPSA) is 76.2 Å². The van der Waals surface area contributed by atoms with Crippen molar-refractivity contribution < 1.29 is 22.7 Å². The third-order valence-corrected chi connectivity index (χ3v) is 8.37. The first kappa shape index (κ1) is 25.6. The molecule has 0 spiro atoms. The maximum atomic E-state index is 13.7. The van der Waals surface area contributed by atoms with Crippen molar-refractivity contribution in [2.75, 3.05) is 38.2 Å². The molecule has 3 aromatic carbocycles.